The van der Waals surface area contributed by atoms with Crippen molar-refractivity contribution >= 4 is 10.8 Å². The minimum atomic E-state index is 0.605. The molecule has 3 rings (SSSR count). The minimum absolute atomic E-state index is 0.605. The van der Waals surface area contributed by atoms with Crippen LogP contribution in [0, 0.1) is 0 Å². The van der Waals surface area contributed by atoms with Gasteiger partial charge < -0.3 is 10.1 Å². The predicted octanol–water partition coefficient (Wildman–Crippen LogP) is 2.48. The van der Waals surface area contributed by atoms with Crippen molar-refractivity contribution in [2.45, 2.75) is 6.54 Å². The molecular formula is C15H16N4O. The second-order valence-electron chi connectivity index (χ2n) is 4.62. The Labute approximate surface area is 117 Å². The normalized spacial score (nSPS) is 10.9. The average Bonchev–Trinajstić information content (AvgIpc) is 2.87. The van der Waals surface area contributed by atoms with E-state index in [1.807, 2.05) is 44.7 Å². The Morgan fingerprint density at radius 3 is 2.70 bits per heavy atom. The molecular weight excluding hydrogens is 252 g/mol. The van der Waals surface area contributed by atoms with Gasteiger partial charge in [-0.25, -0.2) is 4.98 Å². The van der Waals surface area contributed by atoms with Gasteiger partial charge in [0.1, 0.15) is 0 Å². The quantitative estimate of drug-likeness (QED) is 0.789. The van der Waals surface area contributed by atoms with Crippen LogP contribution in [0.1, 0.15) is 5.56 Å². The fourth-order valence-corrected chi connectivity index (χ4v) is 2.20. The van der Waals surface area contributed by atoms with Crippen LogP contribution >= 0.6 is 0 Å². The average molecular weight is 268 g/mol. The minimum Gasteiger partial charge on any atom is -0.435 e. The molecule has 5 heteroatoms. The summed E-state index contributed by atoms with van der Waals surface area (Å²) < 4.78 is 7.53. The number of hydrogen-bond donors (Lipinski definition) is 1. The molecule has 0 saturated heterocycles. The first kappa shape index (κ1) is 12.6. The maximum Gasteiger partial charge on any atom is 0.227 e. The highest BCUT2D eigenvalue weighted by Gasteiger charge is 2.09. The molecule has 0 fully saturated rings. The number of ether oxygens (including phenoxy) is 1. The van der Waals surface area contributed by atoms with Crippen LogP contribution in [0.3, 0.4) is 0 Å². The van der Waals surface area contributed by atoms with Crippen molar-refractivity contribution < 1.29 is 4.74 Å². The van der Waals surface area contributed by atoms with Gasteiger partial charge in [-0.05, 0) is 24.1 Å². The highest BCUT2D eigenvalue weighted by atomic mass is 16.5. The van der Waals surface area contributed by atoms with E-state index in [1.54, 1.807) is 10.9 Å². The fraction of sp³-hybridized carbons (Fsp3) is 0.200. The van der Waals surface area contributed by atoms with Crippen molar-refractivity contribution in [3.05, 3.63) is 48.4 Å². The zero-order valence-corrected chi connectivity index (χ0v) is 11.5. The molecule has 1 aromatic carbocycles. The van der Waals surface area contributed by atoms with E-state index in [4.69, 9.17) is 4.74 Å². The lowest BCUT2D eigenvalue weighted by molar-refractivity contribution is 0.468. The van der Waals surface area contributed by atoms with Gasteiger partial charge in [-0.15, -0.1) is 0 Å². The van der Waals surface area contributed by atoms with Gasteiger partial charge in [0.05, 0.1) is 12.4 Å². The number of hydrogen-bond acceptors (Lipinski definition) is 4. The summed E-state index contributed by atoms with van der Waals surface area (Å²) in [6.45, 7) is 0.778. The summed E-state index contributed by atoms with van der Waals surface area (Å²) in [5.41, 5.74) is 1.15. The highest BCUT2D eigenvalue weighted by Crippen LogP contribution is 2.29. The van der Waals surface area contributed by atoms with Crippen LogP contribution < -0.4 is 10.1 Å². The van der Waals surface area contributed by atoms with E-state index >= 15 is 0 Å². The van der Waals surface area contributed by atoms with Gasteiger partial charge in [0.25, 0.3) is 0 Å². The third kappa shape index (κ3) is 2.35. The van der Waals surface area contributed by atoms with Gasteiger partial charge in [0.15, 0.2) is 5.75 Å². The van der Waals surface area contributed by atoms with Gasteiger partial charge in [0.2, 0.25) is 5.88 Å². The number of pyridine rings is 1. The first-order valence-electron chi connectivity index (χ1n) is 6.45. The van der Waals surface area contributed by atoms with Crippen molar-refractivity contribution in [3.63, 3.8) is 0 Å². The topological polar surface area (TPSA) is 52.0 Å². The SMILES string of the molecule is CNCc1cnc(Oc2cnn(C)c2)c2ccccc12. The monoisotopic (exact) mass is 268 g/mol. The number of nitrogens with one attached hydrogen (secondary N) is 1. The maximum absolute atomic E-state index is 5.83. The number of nitrogens with zero attached hydrogens (tertiary/aromatic N) is 3. The lowest BCUT2D eigenvalue weighted by atomic mass is 10.1. The first-order chi connectivity index (χ1) is 9.78. The molecule has 0 atom stereocenters. The predicted molar refractivity (Wildman–Crippen MR) is 77.8 cm³/mol. The molecule has 2 heterocycles. The zero-order chi connectivity index (χ0) is 13.9. The molecule has 1 N–H and O–H groups in total. The number of rotatable bonds is 4. The molecule has 0 aliphatic carbocycles. The van der Waals surface area contributed by atoms with Crippen LogP contribution in [-0.4, -0.2) is 21.8 Å². The van der Waals surface area contributed by atoms with Crippen molar-refractivity contribution in [1.29, 1.82) is 0 Å². The number of fused-ring (bicyclic) bond motifs is 1. The number of aryl methyl sites for hydroxylation is 1. The molecule has 102 valence electrons. The third-order valence-electron chi connectivity index (χ3n) is 3.10. The third-order valence-corrected chi connectivity index (χ3v) is 3.10. The van der Waals surface area contributed by atoms with Crippen molar-refractivity contribution in [3.8, 4) is 11.6 Å². The summed E-state index contributed by atoms with van der Waals surface area (Å²) in [6, 6.07) is 8.12. The Morgan fingerprint density at radius 1 is 1.20 bits per heavy atom. The lowest BCUT2D eigenvalue weighted by Crippen LogP contribution is -2.06. The van der Waals surface area contributed by atoms with E-state index in [9.17, 15) is 0 Å². The molecule has 0 saturated carbocycles. The summed E-state index contributed by atoms with van der Waals surface area (Å²) in [5, 5.41) is 9.40. The Kier molecular flexibility index (Phi) is 3.35. The molecule has 0 unspecified atom stereocenters. The molecule has 0 aliphatic heterocycles. The van der Waals surface area contributed by atoms with E-state index < -0.39 is 0 Å². The smallest absolute Gasteiger partial charge is 0.227 e. The summed E-state index contributed by atoms with van der Waals surface area (Å²) in [4.78, 5) is 4.43. The second-order valence-corrected chi connectivity index (χ2v) is 4.62. The van der Waals surface area contributed by atoms with Crippen molar-refractivity contribution in [2.24, 2.45) is 7.05 Å². The van der Waals surface area contributed by atoms with E-state index in [-0.39, 0.29) is 0 Å². The van der Waals surface area contributed by atoms with E-state index in [0.717, 1.165) is 22.9 Å². The molecule has 0 aliphatic rings. The molecule has 0 radical (unpaired) electrons. The van der Waals surface area contributed by atoms with Gasteiger partial charge in [-0.2, -0.15) is 5.10 Å². The molecule has 20 heavy (non-hydrogen) atoms. The van der Waals surface area contributed by atoms with Crippen LogP contribution in [0.15, 0.2) is 42.9 Å². The lowest BCUT2D eigenvalue weighted by Gasteiger charge is -2.10. The van der Waals surface area contributed by atoms with Crippen LogP contribution in [0.5, 0.6) is 11.6 Å². The Hall–Kier alpha value is -2.40. The van der Waals surface area contributed by atoms with E-state index in [1.165, 1.54) is 0 Å². The van der Waals surface area contributed by atoms with Crippen LogP contribution in [-0.2, 0) is 13.6 Å². The van der Waals surface area contributed by atoms with Gasteiger partial charge in [-0.1, -0.05) is 18.2 Å². The van der Waals surface area contributed by atoms with Gasteiger partial charge in [-0.3, -0.25) is 4.68 Å². The van der Waals surface area contributed by atoms with Crippen molar-refractivity contribution in [2.75, 3.05) is 7.05 Å². The summed E-state index contributed by atoms with van der Waals surface area (Å²) in [5.74, 6) is 1.29. The van der Waals surface area contributed by atoms with Crippen LogP contribution in [0.25, 0.3) is 10.8 Å². The van der Waals surface area contributed by atoms with Crippen LogP contribution in [0.4, 0.5) is 0 Å². The van der Waals surface area contributed by atoms with E-state index in [2.05, 4.69) is 21.5 Å². The molecule has 2 aromatic heterocycles. The van der Waals surface area contributed by atoms with E-state index in [0.29, 0.717) is 11.6 Å². The standard InChI is InChI=1S/C15H16N4O/c1-16-7-11-8-17-15(14-6-4-3-5-13(11)14)20-12-9-18-19(2)10-12/h3-6,8-10,16H,7H2,1-2H3. The van der Waals surface area contributed by atoms with Crippen LogP contribution in [0.2, 0.25) is 0 Å². The number of benzene rings is 1. The molecule has 0 amide bonds. The van der Waals surface area contributed by atoms with Gasteiger partial charge >= 0.3 is 0 Å². The fourth-order valence-electron chi connectivity index (χ4n) is 2.20. The molecule has 3 aromatic rings. The number of aromatic nitrogens is 3. The summed E-state index contributed by atoms with van der Waals surface area (Å²) in [7, 11) is 3.78. The Bertz CT molecular complexity index is 736. The molecule has 0 bridgehead atoms. The van der Waals surface area contributed by atoms with Crippen molar-refractivity contribution in [1.82, 2.24) is 20.1 Å². The highest BCUT2D eigenvalue weighted by molar-refractivity contribution is 5.89. The largest absolute Gasteiger partial charge is 0.435 e. The maximum atomic E-state index is 5.83. The molecule has 0 spiro atoms. The zero-order valence-electron chi connectivity index (χ0n) is 11.5. The Morgan fingerprint density at radius 2 is 2.00 bits per heavy atom. The van der Waals surface area contributed by atoms with Gasteiger partial charge in [0, 0.05) is 25.2 Å². The molecule has 5 nitrogen and oxygen atoms in total. The summed E-state index contributed by atoms with van der Waals surface area (Å²) >= 11 is 0. The summed E-state index contributed by atoms with van der Waals surface area (Å²) in [6.07, 6.45) is 5.35. The Balaban J connectivity index is 2.05. The second kappa shape index (κ2) is 5.30. The first-order valence-corrected chi connectivity index (χ1v) is 6.45.